The van der Waals surface area contributed by atoms with Crippen LogP contribution in [0.15, 0.2) is 76.2 Å². The Morgan fingerprint density at radius 3 is 2.39 bits per heavy atom. The molecule has 1 unspecified atom stereocenters. The van der Waals surface area contributed by atoms with Crippen molar-refractivity contribution in [3.63, 3.8) is 0 Å². The third-order valence-corrected chi connectivity index (χ3v) is 7.31. The molecule has 2 heterocycles. The van der Waals surface area contributed by atoms with Crippen LogP contribution in [0.2, 0.25) is 5.02 Å². The molecule has 2 amide bonds. The lowest BCUT2D eigenvalue weighted by molar-refractivity contribution is -0.122. The fourth-order valence-electron chi connectivity index (χ4n) is 3.63. The maximum Gasteiger partial charge on any atom is 0.252 e. The fourth-order valence-corrected chi connectivity index (χ4v) is 5.30. The van der Waals surface area contributed by atoms with E-state index in [9.17, 15) is 18.0 Å². The number of halogens is 1. The van der Waals surface area contributed by atoms with E-state index in [1.165, 1.54) is 30.5 Å². The van der Waals surface area contributed by atoms with Gasteiger partial charge in [0.15, 0.2) is 0 Å². The molecule has 1 fully saturated rings. The second-order valence-corrected chi connectivity index (χ2v) is 9.62. The third-order valence-electron chi connectivity index (χ3n) is 5.19. The van der Waals surface area contributed by atoms with Gasteiger partial charge < -0.3 is 9.15 Å². The Hall–Kier alpha value is -3.14. The first-order valence-corrected chi connectivity index (χ1v) is 12.0. The van der Waals surface area contributed by atoms with Crippen LogP contribution in [0.5, 0.6) is 5.75 Å². The lowest BCUT2D eigenvalue weighted by Gasteiger charge is -2.26. The van der Waals surface area contributed by atoms with Gasteiger partial charge in [0.1, 0.15) is 17.6 Å². The summed E-state index contributed by atoms with van der Waals surface area (Å²) >= 11 is 5.91. The first kappa shape index (κ1) is 23.0. The van der Waals surface area contributed by atoms with E-state index in [-0.39, 0.29) is 17.9 Å². The van der Waals surface area contributed by atoms with Crippen molar-refractivity contribution >= 4 is 39.1 Å². The van der Waals surface area contributed by atoms with Gasteiger partial charge in [-0.1, -0.05) is 11.6 Å². The second kappa shape index (κ2) is 9.38. The molecule has 1 aliphatic rings. The number of amides is 2. The van der Waals surface area contributed by atoms with Crippen LogP contribution in [-0.4, -0.2) is 37.2 Å². The largest absolute Gasteiger partial charge is 0.494 e. The van der Waals surface area contributed by atoms with Gasteiger partial charge in [0.05, 0.1) is 36.4 Å². The molecule has 1 atom stereocenters. The van der Waals surface area contributed by atoms with E-state index >= 15 is 0 Å². The molecule has 1 aliphatic heterocycles. The summed E-state index contributed by atoms with van der Waals surface area (Å²) in [5.74, 6) is -0.188. The van der Waals surface area contributed by atoms with Gasteiger partial charge in [-0.25, -0.2) is 13.3 Å². The van der Waals surface area contributed by atoms with E-state index in [1.54, 1.807) is 36.4 Å². The zero-order chi connectivity index (χ0) is 23.6. The molecule has 0 bridgehead atoms. The lowest BCUT2D eigenvalue weighted by Crippen LogP contribution is -2.45. The first-order chi connectivity index (χ1) is 15.8. The molecule has 1 aromatic heterocycles. The number of anilines is 1. The van der Waals surface area contributed by atoms with Gasteiger partial charge in [-0.15, -0.1) is 0 Å². The van der Waals surface area contributed by atoms with Crippen molar-refractivity contribution in [2.75, 3.05) is 11.5 Å². The smallest absolute Gasteiger partial charge is 0.252 e. The van der Waals surface area contributed by atoms with Crippen molar-refractivity contribution in [3.8, 4) is 5.75 Å². The van der Waals surface area contributed by atoms with Gasteiger partial charge >= 0.3 is 0 Å². The maximum atomic E-state index is 13.5. The highest BCUT2D eigenvalue weighted by Crippen LogP contribution is 2.31. The lowest BCUT2D eigenvalue weighted by atomic mass is 10.2. The minimum Gasteiger partial charge on any atom is -0.494 e. The van der Waals surface area contributed by atoms with Crippen LogP contribution in [0, 0.1) is 0 Å². The normalized spacial score (nSPS) is 16.6. The molecule has 0 saturated carbocycles. The molecule has 3 aromatic rings. The number of carbonyl (C=O) groups excluding carboxylic acids is 2. The van der Waals surface area contributed by atoms with Crippen molar-refractivity contribution in [2.24, 2.45) is 0 Å². The summed E-state index contributed by atoms with van der Waals surface area (Å²) in [6, 6.07) is 14.1. The number of hydrogen-bond donors (Lipinski definition) is 0. The van der Waals surface area contributed by atoms with Gasteiger partial charge in [0, 0.05) is 5.02 Å². The molecule has 4 rings (SSSR count). The Morgan fingerprint density at radius 2 is 1.79 bits per heavy atom. The molecule has 0 N–H and O–H groups in total. The van der Waals surface area contributed by atoms with Crippen molar-refractivity contribution in [1.82, 2.24) is 4.31 Å². The van der Waals surface area contributed by atoms with E-state index in [4.69, 9.17) is 20.8 Å². The number of nitrogens with zero attached hydrogens (tertiary/aromatic N) is 2. The average molecular weight is 489 g/mol. The van der Waals surface area contributed by atoms with Gasteiger partial charge in [-0.2, -0.15) is 4.31 Å². The fraction of sp³-hybridized carbons (Fsp3) is 0.217. The van der Waals surface area contributed by atoms with Gasteiger partial charge in [-0.05, 0) is 67.6 Å². The van der Waals surface area contributed by atoms with Crippen LogP contribution in [-0.2, 0) is 26.2 Å². The Balaban J connectivity index is 1.69. The molecular weight excluding hydrogens is 468 g/mol. The molecule has 10 heteroatoms. The number of furan rings is 1. The van der Waals surface area contributed by atoms with Gasteiger partial charge in [0.2, 0.25) is 15.9 Å². The minimum absolute atomic E-state index is 0.0433. The molecule has 0 aliphatic carbocycles. The number of benzene rings is 2. The summed E-state index contributed by atoms with van der Waals surface area (Å²) < 4.78 is 38.8. The monoisotopic (exact) mass is 488 g/mol. The molecular formula is C23H21ClN2O6S. The Bertz CT molecular complexity index is 1240. The zero-order valence-electron chi connectivity index (χ0n) is 17.7. The number of rotatable bonds is 8. The van der Waals surface area contributed by atoms with Gasteiger partial charge in [0.25, 0.3) is 5.91 Å². The zero-order valence-corrected chi connectivity index (χ0v) is 19.3. The van der Waals surface area contributed by atoms with Crippen LogP contribution >= 0.6 is 11.6 Å². The third kappa shape index (κ3) is 4.66. The summed E-state index contributed by atoms with van der Waals surface area (Å²) in [4.78, 5) is 27.1. The standard InChI is InChI=1S/C23H21ClN2O6S/c1-2-31-18-9-7-17(8-10-18)26-22(27)14-21(23(26)28)25(15-19-4-3-13-32-19)33(29,30)20-11-5-16(24)6-12-20/h3-13,21H,2,14-15H2,1H3. The van der Waals surface area contributed by atoms with Crippen molar-refractivity contribution in [3.05, 3.63) is 77.7 Å². The van der Waals surface area contributed by atoms with E-state index in [1.807, 2.05) is 6.92 Å². The Morgan fingerprint density at radius 1 is 1.09 bits per heavy atom. The molecule has 2 aromatic carbocycles. The number of sulfonamides is 1. The molecule has 8 nitrogen and oxygen atoms in total. The van der Waals surface area contributed by atoms with Crippen LogP contribution in [0.25, 0.3) is 0 Å². The average Bonchev–Trinajstić information content (AvgIpc) is 3.41. The highest BCUT2D eigenvalue weighted by atomic mass is 35.5. The second-order valence-electron chi connectivity index (χ2n) is 7.30. The first-order valence-electron chi connectivity index (χ1n) is 10.2. The number of imide groups is 1. The minimum atomic E-state index is -4.16. The summed E-state index contributed by atoms with van der Waals surface area (Å²) in [5.41, 5.74) is 0.345. The number of hydrogen-bond acceptors (Lipinski definition) is 6. The molecule has 1 saturated heterocycles. The summed E-state index contributed by atoms with van der Waals surface area (Å²) in [6.07, 6.45) is 1.12. The van der Waals surface area contributed by atoms with Crippen molar-refractivity contribution in [1.29, 1.82) is 0 Å². The van der Waals surface area contributed by atoms with E-state index < -0.39 is 27.9 Å². The topological polar surface area (TPSA) is 97.1 Å². The van der Waals surface area contributed by atoms with Crippen LogP contribution in [0.1, 0.15) is 19.1 Å². The van der Waals surface area contributed by atoms with Crippen molar-refractivity contribution in [2.45, 2.75) is 30.8 Å². The SMILES string of the molecule is CCOc1ccc(N2C(=O)CC(N(Cc3ccco3)S(=O)(=O)c3ccc(Cl)cc3)C2=O)cc1. The molecule has 33 heavy (non-hydrogen) atoms. The highest BCUT2D eigenvalue weighted by molar-refractivity contribution is 7.89. The summed E-state index contributed by atoms with van der Waals surface area (Å²) in [7, 11) is -4.16. The van der Waals surface area contributed by atoms with E-state index in [0.717, 1.165) is 9.21 Å². The van der Waals surface area contributed by atoms with Crippen LogP contribution in [0.3, 0.4) is 0 Å². The summed E-state index contributed by atoms with van der Waals surface area (Å²) in [5, 5.41) is 0.375. The van der Waals surface area contributed by atoms with Gasteiger partial charge in [-0.3, -0.25) is 9.59 Å². The predicted molar refractivity (Wildman–Crippen MR) is 121 cm³/mol. The molecule has 172 valence electrons. The Kier molecular flexibility index (Phi) is 6.55. The molecule has 0 spiro atoms. The van der Waals surface area contributed by atoms with Crippen molar-refractivity contribution < 1.29 is 27.2 Å². The van der Waals surface area contributed by atoms with Crippen LogP contribution in [0.4, 0.5) is 5.69 Å². The Labute approximate surface area is 196 Å². The van der Waals surface area contributed by atoms with E-state index in [0.29, 0.717) is 28.8 Å². The molecule has 0 radical (unpaired) electrons. The quantitative estimate of drug-likeness (QED) is 0.447. The highest BCUT2D eigenvalue weighted by Gasteiger charge is 2.47. The predicted octanol–water partition coefficient (Wildman–Crippen LogP) is 3.85. The van der Waals surface area contributed by atoms with E-state index in [2.05, 4.69) is 0 Å². The van der Waals surface area contributed by atoms with Crippen LogP contribution < -0.4 is 9.64 Å². The number of carbonyl (C=O) groups is 2. The maximum absolute atomic E-state index is 13.5. The summed E-state index contributed by atoms with van der Waals surface area (Å²) in [6.45, 7) is 2.12. The number of ether oxygens (including phenoxy) is 1.